The first-order valence-electron chi connectivity index (χ1n) is 6.60. The van der Waals surface area contributed by atoms with Gasteiger partial charge in [0.25, 0.3) is 5.56 Å². The minimum atomic E-state index is -0.0361. The van der Waals surface area contributed by atoms with Gasteiger partial charge in [0.05, 0.1) is 5.56 Å². The Morgan fingerprint density at radius 1 is 1.42 bits per heavy atom. The SMILES string of the molecule is CCc1cnccc1-c1nc2c(c(=O)[nH]1)CCCN2. The first-order chi connectivity index (χ1) is 9.29. The van der Waals surface area contributed by atoms with E-state index in [0.717, 1.165) is 48.3 Å². The van der Waals surface area contributed by atoms with E-state index >= 15 is 0 Å². The second-order valence-corrected chi connectivity index (χ2v) is 4.66. The molecule has 5 heteroatoms. The maximum Gasteiger partial charge on any atom is 0.256 e. The van der Waals surface area contributed by atoms with Crippen molar-refractivity contribution in [1.82, 2.24) is 15.0 Å². The second kappa shape index (κ2) is 4.84. The van der Waals surface area contributed by atoms with E-state index in [4.69, 9.17) is 0 Å². The minimum absolute atomic E-state index is 0.0361. The fraction of sp³-hybridized carbons (Fsp3) is 0.357. The summed E-state index contributed by atoms with van der Waals surface area (Å²) in [5, 5.41) is 3.20. The predicted molar refractivity (Wildman–Crippen MR) is 74.3 cm³/mol. The lowest BCUT2D eigenvalue weighted by Gasteiger charge is -2.17. The lowest BCUT2D eigenvalue weighted by molar-refractivity contribution is 0.799. The number of nitrogens with zero attached hydrogens (tertiary/aromatic N) is 2. The normalized spacial score (nSPS) is 13.7. The van der Waals surface area contributed by atoms with Crippen molar-refractivity contribution < 1.29 is 0 Å². The average molecular weight is 256 g/mol. The molecule has 2 aromatic rings. The highest BCUT2D eigenvalue weighted by atomic mass is 16.1. The van der Waals surface area contributed by atoms with E-state index in [0.29, 0.717) is 5.82 Å². The summed E-state index contributed by atoms with van der Waals surface area (Å²) in [5.41, 5.74) is 2.76. The van der Waals surface area contributed by atoms with Crippen molar-refractivity contribution >= 4 is 5.82 Å². The van der Waals surface area contributed by atoms with E-state index in [1.807, 2.05) is 12.3 Å². The molecule has 0 fully saturated rings. The molecule has 5 nitrogen and oxygen atoms in total. The molecule has 2 aromatic heterocycles. The number of aryl methyl sites for hydroxylation is 1. The van der Waals surface area contributed by atoms with Crippen molar-refractivity contribution in [3.63, 3.8) is 0 Å². The van der Waals surface area contributed by atoms with E-state index < -0.39 is 0 Å². The van der Waals surface area contributed by atoms with Crippen molar-refractivity contribution in [3.8, 4) is 11.4 Å². The van der Waals surface area contributed by atoms with Crippen LogP contribution in [0.2, 0.25) is 0 Å². The van der Waals surface area contributed by atoms with E-state index in [1.165, 1.54) is 0 Å². The van der Waals surface area contributed by atoms with Gasteiger partial charge in [0.15, 0.2) is 0 Å². The Kier molecular flexibility index (Phi) is 3.03. The molecule has 0 atom stereocenters. The van der Waals surface area contributed by atoms with Crippen LogP contribution < -0.4 is 10.9 Å². The van der Waals surface area contributed by atoms with Crippen molar-refractivity contribution in [2.45, 2.75) is 26.2 Å². The molecular formula is C14H16N4O. The molecule has 1 aliphatic rings. The van der Waals surface area contributed by atoms with Crippen LogP contribution in [0.1, 0.15) is 24.5 Å². The third kappa shape index (κ3) is 2.12. The highest BCUT2D eigenvalue weighted by Crippen LogP contribution is 2.22. The number of anilines is 1. The highest BCUT2D eigenvalue weighted by molar-refractivity contribution is 5.62. The molecule has 0 aliphatic carbocycles. The third-order valence-corrected chi connectivity index (χ3v) is 3.45. The summed E-state index contributed by atoms with van der Waals surface area (Å²) < 4.78 is 0. The molecule has 98 valence electrons. The van der Waals surface area contributed by atoms with Crippen molar-refractivity contribution in [2.24, 2.45) is 0 Å². The first-order valence-corrected chi connectivity index (χ1v) is 6.60. The van der Waals surface area contributed by atoms with E-state index in [-0.39, 0.29) is 5.56 Å². The predicted octanol–water partition coefficient (Wildman–Crippen LogP) is 1.75. The number of hydrogen-bond donors (Lipinski definition) is 2. The number of nitrogens with one attached hydrogen (secondary N) is 2. The van der Waals surface area contributed by atoms with Gasteiger partial charge in [-0.2, -0.15) is 0 Å². The third-order valence-electron chi connectivity index (χ3n) is 3.45. The Morgan fingerprint density at radius 2 is 2.32 bits per heavy atom. The highest BCUT2D eigenvalue weighted by Gasteiger charge is 2.16. The van der Waals surface area contributed by atoms with Crippen LogP contribution in [-0.2, 0) is 12.8 Å². The zero-order valence-electron chi connectivity index (χ0n) is 10.9. The van der Waals surface area contributed by atoms with Gasteiger partial charge in [0.1, 0.15) is 11.6 Å². The molecule has 3 rings (SSSR count). The molecule has 19 heavy (non-hydrogen) atoms. The molecule has 2 N–H and O–H groups in total. The summed E-state index contributed by atoms with van der Waals surface area (Å²) >= 11 is 0. The largest absolute Gasteiger partial charge is 0.370 e. The van der Waals surface area contributed by atoms with Gasteiger partial charge in [-0.1, -0.05) is 6.92 Å². The quantitative estimate of drug-likeness (QED) is 0.858. The fourth-order valence-corrected chi connectivity index (χ4v) is 2.42. The summed E-state index contributed by atoms with van der Waals surface area (Å²) in [6, 6.07) is 1.90. The van der Waals surface area contributed by atoms with Crippen molar-refractivity contribution in [3.05, 3.63) is 39.9 Å². The molecule has 0 aromatic carbocycles. The van der Waals surface area contributed by atoms with Crippen LogP contribution in [0.5, 0.6) is 0 Å². The lowest BCUT2D eigenvalue weighted by Crippen LogP contribution is -2.24. The summed E-state index contributed by atoms with van der Waals surface area (Å²) in [7, 11) is 0. The van der Waals surface area contributed by atoms with Gasteiger partial charge in [0, 0.05) is 24.5 Å². The van der Waals surface area contributed by atoms with Gasteiger partial charge >= 0.3 is 0 Å². The maximum absolute atomic E-state index is 12.1. The Hall–Kier alpha value is -2.17. The van der Waals surface area contributed by atoms with Crippen LogP contribution >= 0.6 is 0 Å². The molecule has 3 heterocycles. The van der Waals surface area contributed by atoms with Crippen molar-refractivity contribution in [1.29, 1.82) is 0 Å². The molecule has 0 radical (unpaired) electrons. The Morgan fingerprint density at radius 3 is 3.16 bits per heavy atom. The number of aromatic amines is 1. The van der Waals surface area contributed by atoms with Crippen LogP contribution in [0.15, 0.2) is 23.3 Å². The van der Waals surface area contributed by atoms with Crippen LogP contribution in [0.3, 0.4) is 0 Å². The molecule has 0 saturated heterocycles. The Balaban J connectivity index is 2.16. The number of H-pyrrole nitrogens is 1. The van der Waals surface area contributed by atoms with E-state index in [1.54, 1.807) is 6.20 Å². The zero-order valence-corrected chi connectivity index (χ0v) is 10.9. The summed E-state index contributed by atoms with van der Waals surface area (Å²) in [6.07, 6.45) is 6.18. The number of rotatable bonds is 2. The summed E-state index contributed by atoms with van der Waals surface area (Å²) in [4.78, 5) is 23.7. The molecule has 0 bridgehead atoms. The van der Waals surface area contributed by atoms with Gasteiger partial charge in [-0.3, -0.25) is 9.78 Å². The summed E-state index contributed by atoms with van der Waals surface area (Å²) in [6.45, 7) is 2.94. The van der Waals surface area contributed by atoms with Gasteiger partial charge in [0.2, 0.25) is 0 Å². The van der Waals surface area contributed by atoms with Crippen LogP contribution in [0.4, 0.5) is 5.82 Å². The Bertz CT molecular complexity index is 663. The molecule has 0 unspecified atom stereocenters. The smallest absolute Gasteiger partial charge is 0.256 e. The fourth-order valence-electron chi connectivity index (χ4n) is 2.42. The van der Waals surface area contributed by atoms with Crippen LogP contribution in [-0.4, -0.2) is 21.5 Å². The minimum Gasteiger partial charge on any atom is -0.370 e. The molecular weight excluding hydrogens is 240 g/mol. The van der Waals surface area contributed by atoms with Crippen LogP contribution in [0, 0.1) is 0 Å². The zero-order chi connectivity index (χ0) is 13.2. The average Bonchev–Trinajstić information content (AvgIpc) is 2.47. The topological polar surface area (TPSA) is 70.7 Å². The molecule has 0 saturated carbocycles. The lowest BCUT2D eigenvalue weighted by atomic mass is 10.1. The molecule has 1 aliphatic heterocycles. The Labute approximate surface area is 111 Å². The number of aromatic nitrogens is 3. The van der Waals surface area contributed by atoms with Gasteiger partial charge in [-0.05, 0) is 30.9 Å². The molecule has 0 spiro atoms. The van der Waals surface area contributed by atoms with Gasteiger partial charge in [-0.15, -0.1) is 0 Å². The van der Waals surface area contributed by atoms with E-state index in [9.17, 15) is 4.79 Å². The number of fused-ring (bicyclic) bond motifs is 1. The van der Waals surface area contributed by atoms with Crippen molar-refractivity contribution in [2.75, 3.05) is 11.9 Å². The van der Waals surface area contributed by atoms with Gasteiger partial charge < -0.3 is 10.3 Å². The monoisotopic (exact) mass is 256 g/mol. The summed E-state index contributed by atoms with van der Waals surface area (Å²) in [5.74, 6) is 1.35. The van der Waals surface area contributed by atoms with E-state index in [2.05, 4.69) is 27.2 Å². The van der Waals surface area contributed by atoms with Crippen LogP contribution in [0.25, 0.3) is 11.4 Å². The number of hydrogen-bond acceptors (Lipinski definition) is 4. The maximum atomic E-state index is 12.1. The number of pyridine rings is 1. The van der Waals surface area contributed by atoms with Gasteiger partial charge in [-0.25, -0.2) is 4.98 Å². The molecule has 0 amide bonds. The first kappa shape index (κ1) is 11.9. The standard InChI is InChI=1S/C14H16N4O/c1-2-9-8-15-7-5-10(9)13-17-12-11(14(19)18-13)4-3-6-16-12/h5,7-8H,2-4,6H2,1H3,(H2,16,17,18,19). The second-order valence-electron chi connectivity index (χ2n) is 4.66.